The number of anilines is 1. The lowest BCUT2D eigenvalue weighted by Crippen LogP contribution is -2.22. The Kier molecular flexibility index (Phi) is 3.77. The number of rotatable bonds is 3. The van der Waals surface area contributed by atoms with Crippen LogP contribution in [0.3, 0.4) is 0 Å². The minimum Gasteiger partial charge on any atom is -0.391 e. The van der Waals surface area contributed by atoms with Crippen molar-refractivity contribution in [1.29, 1.82) is 0 Å². The molecule has 1 fully saturated rings. The quantitative estimate of drug-likeness (QED) is 0.787. The van der Waals surface area contributed by atoms with Crippen molar-refractivity contribution >= 4 is 27.4 Å². The topological polar surface area (TPSA) is 75.3 Å². The molecule has 0 unspecified atom stereocenters. The van der Waals surface area contributed by atoms with Crippen molar-refractivity contribution in [3.05, 3.63) is 34.3 Å². The zero-order chi connectivity index (χ0) is 16.8. The van der Waals surface area contributed by atoms with Crippen LogP contribution in [0.2, 0.25) is 0 Å². The lowest BCUT2D eigenvalue weighted by molar-refractivity contribution is 0.143. The van der Waals surface area contributed by atoms with Crippen LogP contribution in [0.5, 0.6) is 0 Å². The maximum atomic E-state index is 10.5. The van der Waals surface area contributed by atoms with Gasteiger partial charge in [-0.2, -0.15) is 0 Å². The molecule has 0 bridgehead atoms. The molecule has 6 nitrogen and oxygen atoms in total. The lowest BCUT2D eigenvalue weighted by Gasteiger charge is -2.18. The first-order valence-corrected chi connectivity index (χ1v) is 8.90. The van der Waals surface area contributed by atoms with Gasteiger partial charge < -0.3 is 14.5 Å². The number of thiophene rings is 1. The van der Waals surface area contributed by atoms with E-state index in [1.54, 1.807) is 17.7 Å². The van der Waals surface area contributed by atoms with Crippen molar-refractivity contribution < 1.29 is 9.63 Å². The molecular weight excluding hydrogens is 324 g/mol. The van der Waals surface area contributed by atoms with Crippen molar-refractivity contribution in [3.63, 3.8) is 0 Å². The summed E-state index contributed by atoms with van der Waals surface area (Å²) in [7, 11) is 0. The van der Waals surface area contributed by atoms with E-state index in [4.69, 9.17) is 4.52 Å². The Morgan fingerprint density at radius 3 is 2.88 bits per heavy atom. The monoisotopic (exact) mass is 344 g/mol. The summed E-state index contributed by atoms with van der Waals surface area (Å²) in [4.78, 5) is 13.4. The average Bonchev–Trinajstić information content (AvgIpc) is 3.20. The van der Waals surface area contributed by atoms with Gasteiger partial charge in [0.2, 0.25) is 0 Å². The highest BCUT2D eigenvalue weighted by molar-refractivity contribution is 7.18. The average molecular weight is 344 g/mol. The van der Waals surface area contributed by atoms with E-state index in [-0.39, 0.29) is 5.92 Å². The molecular formula is C17H20N4O2S. The Hall–Kier alpha value is -1.99. The molecule has 1 saturated heterocycles. The number of β-amino-alcohol motifs (C(OH)–C–C–N with tert-alkyl or cyclic N) is 1. The van der Waals surface area contributed by atoms with Crippen LogP contribution < -0.4 is 4.90 Å². The third kappa shape index (κ3) is 2.57. The molecule has 0 saturated carbocycles. The van der Waals surface area contributed by atoms with Crippen LogP contribution in [-0.4, -0.2) is 39.4 Å². The maximum absolute atomic E-state index is 10.5. The zero-order valence-electron chi connectivity index (χ0n) is 14.0. The zero-order valence-corrected chi connectivity index (χ0v) is 14.8. The van der Waals surface area contributed by atoms with Crippen LogP contribution in [0.25, 0.3) is 10.2 Å². The number of aliphatic hydroxyl groups excluding tert-OH is 1. The van der Waals surface area contributed by atoms with Gasteiger partial charge in [-0.05, 0) is 26.3 Å². The summed E-state index contributed by atoms with van der Waals surface area (Å²) in [6, 6.07) is 1.94. The summed E-state index contributed by atoms with van der Waals surface area (Å²) in [6.45, 7) is 7.46. The Labute approximate surface area is 144 Å². The Morgan fingerprint density at radius 2 is 2.12 bits per heavy atom. The minimum atomic E-state index is -0.402. The maximum Gasteiger partial charge on any atom is 0.141 e. The molecule has 0 amide bonds. The van der Waals surface area contributed by atoms with Gasteiger partial charge in [-0.3, -0.25) is 0 Å². The number of aromatic nitrogens is 3. The highest BCUT2D eigenvalue weighted by Crippen LogP contribution is 2.36. The van der Waals surface area contributed by atoms with Gasteiger partial charge in [0, 0.05) is 36.4 Å². The van der Waals surface area contributed by atoms with E-state index in [1.165, 1.54) is 10.4 Å². The lowest BCUT2D eigenvalue weighted by atomic mass is 10.0. The summed E-state index contributed by atoms with van der Waals surface area (Å²) in [6.07, 6.45) is 1.90. The standard InChI is InChI=1S/C17H20N4O2S/c1-9-4-13(23-20-9)5-12-6-21(7-14(12)22)16-15-10(2)11(3)24-17(15)19-8-18-16/h4,8,12,14,22H,5-7H2,1-3H3/t12-,14-/m1/s1. The molecule has 0 radical (unpaired) electrons. The third-order valence-corrected chi connectivity index (χ3v) is 5.91. The summed E-state index contributed by atoms with van der Waals surface area (Å²) < 4.78 is 5.30. The molecule has 3 aromatic rings. The highest BCUT2D eigenvalue weighted by Gasteiger charge is 2.34. The van der Waals surface area contributed by atoms with Crippen molar-refractivity contribution in [2.24, 2.45) is 5.92 Å². The summed E-state index contributed by atoms with van der Waals surface area (Å²) in [5.41, 5.74) is 2.10. The molecule has 1 aliphatic rings. The normalized spacial score (nSPS) is 21.1. The molecule has 0 spiro atoms. The van der Waals surface area contributed by atoms with Crippen molar-refractivity contribution in [2.45, 2.75) is 33.3 Å². The van der Waals surface area contributed by atoms with Crippen LogP contribution in [0.1, 0.15) is 21.9 Å². The summed E-state index contributed by atoms with van der Waals surface area (Å²) in [5.74, 6) is 1.87. The van der Waals surface area contributed by atoms with E-state index < -0.39 is 6.10 Å². The summed E-state index contributed by atoms with van der Waals surface area (Å²) in [5, 5.41) is 15.5. The van der Waals surface area contributed by atoms with Gasteiger partial charge in [0.1, 0.15) is 22.7 Å². The summed E-state index contributed by atoms with van der Waals surface area (Å²) >= 11 is 1.70. The second-order valence-corrected chi connectivity index (χ2v) is 7.74. The Bertz CT molecular complexity index is 888. The molecule has 2 atom stereocenters. The number of hydrogen-bond donors (Lipinski definition) is 1. The van der Waals surface area contributed by atoms with E-state index in [9.17, 15) is 5.11 Å². The van der Waals surface area contributed by atoms with E-state index in [0.29, 0.717) is 13.0 Å². The first-order chi connectivity index (χ1) is 11.5. The fourth-order valence-electron chi connectivity index (χ4n) is 3.40. The molecule has 0 aliphatic carbocycles. The fraction of sp³-hybridized carbons (Fsp3) is 0.471. The number of aryl methyl sites for hydroxylation is 3. The molecule has 3 aromatic heterocycles. The first-order valence-electron chi connectivity index (χ1n) is 8.09. The van der Waals surface area contributed by atoms with Gasteiger partial charge in [0.25, 0.3) is 0 Å². The molecule has 4 rings (SSSR count). The predicted molar refractivity (Wildman–Crippen MR) is 93.5 cm³/mol. The predicted octanol–water partition coefficient (Wildman–Crippen LogP) is 2.64. The highest BCUT2D eigenvalue weighted by atomic mass is 32.1. The SMILES string of the molecule is Cc1cc(C[C@@H]2CN(c3ncnc4sc(C)c(C)c34)C[C@H]2O)on1. The van der Waals surface area contributed by atoms with Crippen molar-refractivity contribution in [1.82, 2.24) is 15.1 Å². The number of fused-ring (bicyclic) bond motifs is 1. The minimum absolute atomic E-state index is 0.113. The largest absolute Gasteiger partial charge is 0.391 e. The Morgan fingerprint density at radius 1 is 1.29 bits per heavy atom. The van der Waals surface area contributed by atoms with Gasteiger partial charge in [-0.15, -0.1) is 11.3 Å². The number of aliphatic hydroxyl groups is 1. The molecule has 7 heteroatoms. The molecule has 1 N–H and O–H groups in total. The molecule has 0 aromatic carbocycles. The van der Waals surface area contributed by atoms with E-state index in [2.05, 4.69) is 33.9 Å². The van der Waals surface area contributed by atoms with Crippen LogP contribution in [0, 0.1) is 26.7 Å². The second-order valence-electron chi connectivity index (χ2n) is 6.53. The van der Waals surface area contributed by atoms with Gasteiger partial charge in [-0.1, -0.05) is 5.16 Å². The van der Waals surface area contributed by atoms with Crippen LogP contribution >= 0.6 is 11.3 Å². The molecule has 126 valence electrons. The second kappa shape index (κ2) is 5.82. The van der Waals surface area contributed by atoms with Crippen LogP contribution in [-0.2, 0) is 6.42 Å². The van der Waals surface area contributed by atoms with Crippen molar-refractivity contribution in [2.75, 3.05) is 18.0 Å². The molecule has 24 heavy (non-hydrogen) atoms. The van der Waals surface area contributed by atoms with Gasteiger partial charge in [0.05, 0.1) is 17.2 Å². The van der Waals surface area contributed by atoms with E-state index in [1.807, 2.05) is 13.0 Å². The van der Waals surface area contributed by atoms with Gasteiger partial charge >= 0.3 is 0 Å². The van der Waals surface area contributed by atoms with Gasteiger partial charge in [0.15, 0.2) is 0 Å². The van der Waals surface area contributed by atoms with Gasteiger partial charge in [-0.25, -0.2) is 9.97 Å². The Balaban J connectivity index is 1.62. The van der Waals surface area contributed by atoms with E-state index in [0.717, 1.165) is 34.0 Å². The van der Waals surface area contributed by atoms with E-state index >= 15 is 0 Å². The molecule has 4 heterocycles. The van der Waals surface area contributed by atoms with Crippen molar-refractivity contribution in [3.8, 4) is 0 Å². The third-order valence-electron chi connectivity index (χ3n) is 4.79. The van der Waals surface area contributed by atoms with Crippen LogP contribution in [0.15, 0.2) is 16.9 Å². The van der Waals surface area contributed by atoms with Crippen LogP contribution in [0.4, 0.5) is 5.82 Å². The first kappa shape index (κ1) is 15.5. The number of nitrogens with zero attached hydrogens (tertiary/aromatic N) is 4. The smallest absolute Gasteiger partial charge is 0.141 e. The number of hydrogen-bond acceptors (Lipinski definition) is 7. The molecule has 1 aliphatic heterocycles. The fourth-order valence-corrected chi connectivity index (χ4v) is 4.39.